The van der Waals surface area contributed by atoms with Crippen LogP contribution >= 0.6 is 0 Å². The van der Waals surface area contributed by atoms with Gasteiger partial charge in [0.15, 0.2) is 0 Å². The van der Waals surface area contributed by atoms with Gasteiger partial charge in [-0.15, -0.1) is 0 Å². The third kappa shape index (κ3) is 3.01. The van der Waals surface area contributed by atoms with E-state index in [1.54, 1.807) is 7.11 Å². The molecule has 0 spiro atoms. The summed E-state index contributed by atoms with van der Waals surface area (Å²) in [6.45, 7) is 2.54. The summed E-state index contributed by atoms with van der Waals surface area (Å²) >= 11 is 0. The Bertz CT molecular complexity index is 417. The third-order valence-corrected chi connectivity index (χ3v) is 5.20. The molecule has 1 saturated heterocycles. The molecule has 2 fully saturated rings. The maximum absolute atomic E-state index is 5.53. The SMILES string of the molecule is COc1ccccc1C1CCN(C2CCCCC2)CC1. The highest BCUT2D eigenvalue weighted by molar-refractivity contribution is 5.36. The Morgan fingerprint density at radius 2 is 1.65 bits per heavy atom. The van der Waals surface area contributed by atoms with Gasteiger partial charge in [0.25, 0.3) is 0 Å². The van der Waals surface area contributed by atoms with Crippen LogP contribution in [0.2, 0.25) is 0 Å². The average molecular weight is 273 g/mol. The lowest BCUT2D eigenvalue weighted by Crippen LogP contribution is -2.41. The van der Waals surface area contributed by atoms with Crippen molar-refractivity contribution in [3.8, 4) is 5.75 Å². The molecule has 0 N–H and O–H groups in total. The molecule has 0 unspecified atom stereocenters. The predicted molar refractivity (Wildman–Crippen MR) is 83.4 cm³/mol. The van der Waals surface area contributed by atoms with Crippen LogP contribution in [-0.4, -0.2) is 31.1 Å². The van der Waals surface area contributed by atoms with Crippen molar-refractivity contribution in [2.24, 2.45) is 0 Å². The lowest BCUT2D eigenvalue weighted by atomic mass is 9.86. The quantitative estimate of drug-likeness (QED) is 0.818. The molecule has 1 heterocycles. The maximum atomic E-state index is 5.53. The number of rotatable bonds is 3. The smallest absolute Gasteiger partial charge is 0.122 e. The lowest BCUT2D eigenvalue weighted by molar-refractivity contribution is 0.121. The molecule has 0 aromatic heterocycles. The zero-order valence-corrected chi connectivity index (χ0v) is 12.7. The summed E-state index contributed by atoms with van der Waals surface area (Å²) in [7, 11) is 1.79. The summed E-state index contributed by atoms with van der Waals surface area (Å²) < 4.78 is 5.53. The van der Waals surface area contributed by atoms with E-state index >= 15 is 0 Å². The van der Waals surface area contributed by atoms with Gasteiger partial charge in [-0.25, -0.2) is 0 Å². The molecule has 0 radical (unpaired) electrons. The van der Waals surface area contributed by atoms with Crippen molar-refractivity contribution in [2.45, 2.75) is 56.9 Å². The predicted octanol–water partition coefficient (Wildman–Crippen LogP) is 4.21. The second kappa shape index (κ2) is 6.62. The minimum atomic E-state index is 0.686. The molecule has 0 bridgehead atoms. The van der Waals surface area contributed by atoms with Crippen molar-refractivity contribution in [3.63, 3.8) is 0 Å². The minimum Gasteiger partial charge on any atom is -0.496 e. The number of hydrogen-bond donors (Lipinski definition) is 0. The molecule has 3 rings (SSSR count). The first-order valence-electron chi connectivity index (χ1n) is 8.25. The summed E-state index contributed by atoms with van der Waals surface area (Å²) in [6.07, 6.45) is 9.77. The first-order chi connectivity index (χ1) is 9.88. The Labute approximate surface area is 123 Å². The standard InChI is InChI=1S/C18H27NO/c1-20-18-10-6-5-9-17(18)15-11-13-19(14-12-15)16-7-3-2-4-8-16/h5-6,9-10,15-16H,2-4,7-8,11-14H2,1H3. The van der Waals surface area contributed by atoms with Crippen LogP contribution in [0.1, 0.15) is 56.4 Å². The first-order valence-corrected chi connectivity index (χ1v) is 8.25. The van der Waals surface area contributed by atoms with Crippen molar-refractivity contribution in [1.82, 2.24) is 4.90 Å². The van der Waals surface area contributed by atoms with Gasteiger partial charge < -0.3 is 9.64 Å². The Hall–Kier alpha value is -1.02. The molecule has 2 nitrogen and oxygen atoms in total. The number of ether oxygens (including phenoxy) is 1. The highest BCUT2D eigenvalue weighted by Crippen LogP contribution is 2.35. The van der Waals surface area contributed by atoms with E-state index in [9.17, 15) is 0 Å². The van der Waals surface area contributed by atoms with Crippen LogP contribution in [0.3, 0.4) is 0 Å². The highest BCUT2D eigenvalue weighted by atomic mass is 16.5. The fourth-order valence-electron chi connectivity index (χ4n) is 4.03. The third-order valence-electron chi connectivity index (χ3n) is 5.20. The molecule has 2 aliphatic rings. The zero-order chi connectivity index (χ0) is 13.8. The summed E-state index contributed by atoms with van der Waals surface area (Å²) in [5, 5.41) is 0. The average Bonchev–Trinajstić information content (AvgIpc) is 2.56. The Balaban J connectivity index is 1.60. The summed E-state index contributed by atoms with van der Waals surface area (Å²) in [6, 6.07) is 9.44. The normalized spacial score (nSPS) is 22.9. The number of likely N-dealkylation sites (tertiary alicyclic amines) is 1. The van der Waals surface area contributed by atoms with Crippen molar-refractivity contribution in [3.05, 3.63) is 29.8 Å². The summed E-state index contributed by atoms with van der Waals surface area (Å²) in [4.78, 5) is 2.76. The Kier molecular flexibility index (Phi) is 4.62. The molecule has 2 heteroatoms. The van der Waals surface area contributed by atoms with Crippen molar-refractivity contribution in [2.75, 3.05) is 20.2 Å². The number of piperidine rings is 1. The first kappa shape index (κ1) is 13.9. The molecule has 0 atom stereocenters. The van der Waals surface area contributed by atoms with Gasteiger partial charge in [0, 0.05) is 6.04 Å². The second-order valence-corrected chi connectivity index (χ2v) is 6.34. The minimum absolute atomic E-state index is 0.686. The van der Waals surface area contributed by atoms with Gasteiger partial charge in [-0.05, 0) is 56.3 Å². The molecular formula is C18H27NO. The number of para-hydroxylation sites is 1. The summed E-state index contributed by atoms with van der Waals surface area (Å²) in [5.74, 6) is 1.76. The topological polar surface area (TPSA) is 12.5 Å². The van der Waals surface area contributed by atoms with Crippen LogP contribution in [0.5, 0.6) is 5.75 Å². The van der Waals surface area contributed by atoms with E-state index in [2.05, 4.69) is 29.2 Å². The second-order valence-electron chi connectivity index (χ2n) is 6.34. The number of benzene rings is 1. The van der Waals surface area contributed by atoms with Crippen molar-refractivity contribution in [1.29, 1.82) is 0 Å². The Morgan fingerprint density at radius 3 is 2.35 bits per heavy atom. The molecule has 20 heavy (non-hydrogen) atoms. The molecule has 1 saturated carbocycles. The molecule has 110 valence electrons. The van der Waals surface area contributed by atoms with Crippen LogP contribution in [0.15, 0.2) is 24.3 Å². The molecule has 1 aliphatic carbocycles. The van der Waals surface area contributed by atoms with Gasteiger partial charge in [0.1, 0.15) is 5.75 Å². The highest BCUT2D eigenvalue weighted by Gasteiger charge is 2.27. The van der Waals surface area contributed by atoms with Gasteiger partial charge >= 0.3 is 0 Å². The molecule has 1 aliphatic heterocycles. The van der Waals surface area contributed by atoms with Gasteiger partial charge in [0.2, 0.25) is 0 Å². The largest absolute Gasteiger partial charge is 0.496 e. The van der Waals surface area contributed by atoms with E-state index in [1.807, 2.05) is 0 Å². The fourth-order valence-corrected chi connectivity index (χ4v) is 4.03. The summed E-state index contributed by atoms with van der Waals surface area (Å²) in [5.41, 5.74) is 1.42. The number of nitrogens with zero attached hydrogens (tertiary/aromatic N) is 1. The molecule has 1 aromatic carbocycles. The van der Waals surface area contributed by atoms with E-state index in [1.165, 1.54) is 63.6 Å². The molecule has 0 amide bonds. The zero-order valence-electron chi connectivity index (χ0n) is 12.7. The number of methoxy groups -OCH3 is 1. The van der Waals surface area contributed by atoms with Gasteiger partial charge in [-0.2, -0.15) is 0 Å². The van der Waals surface area contributed by atoms with Gasteiger partial charge in [0.05, 0.1) is 7.11 Å². The van der Waals surface area contributed by atoms with Gasteiger partial charge in [-0.1, -0.05) is 37.5 Å². The van der Waals surface area contributed by atoms with Gasteiger partial charge in [-0.3, -0.25) is 0 Å². The van der Waals surface area contributed by atoms with Crippen LogP contribution in [0, 0.1) is 0 Å². The van der Waals surface area contributed by atoms with Crippen LogP contribution < -0.4 is 4.74 Å². The Morgan fingerprint density at radius 1 is 0.950 bits per heavy atom. The fraction of sp³-hybridized carbons (Fsp3) is 0.667. The van der Waals surface area contributed by atoms with Crippen LogP contribution in [0.4, 0.5) is 0 Å². The van der Waals surface area contributed by atoms with E-state index in [0.29, 0.717) is 5.92 Å². The molecular weight excluding hydrogens is 246 g/mol. The van der Waals surface area contributed by atoms with Crippen molar-refractivity contribution < 1.29 is 4.74 Å². The van der Waals surface area contributed by atoms with Crippen LogP contribution in [-0.2, 0) is 0 Å². The monoisotopic (exact) mass is 273 g/mol. The van der Waals surface area contributed by atoms with E-state index in [-0.39, 0.29) is 0 Å². The molecule has 1 aromatic rings. The van der Waals surface area contributed by atoms with E-state index in [4.69, 9.17) is 4.74 Å². The maximum Gasteiger partial charge on any atom is 0.122 e. The van der Waals surface area contributed by atoms with Crippen LogP contribution in [0.25, 0.3) is 0 Å². The van der Waals surface area contributed by atoms with E-state index < -0.39 is 0 Å². The number of hydrogen-bond acceptors (Lipinski definition) is 2. The lowest BCUT2D eigenvalue weighted by Gasteiger charge is -2.39. The van der Waals surface area contributed by atoms with E-state index in [0.717, 1.165) is 11.8 Å². The van der Waals surface area contributed by atoms with Crippen molar-refractivity contribution >= 4 is 0 Å².